The van der Waals surface area contributed by atoms with Crippen molar-refractivity contribution in [3.05, 3.63) is 35.9 Å². The number of nitrogens with one attached hydrogen (secondary N) is 3. The summed E-state index contributed by atoms with van der Waals surface area (Å²) in [4.78, 5) is 25.0. The fourth-order valence-corrected chi connectivity index (χ4v) is 3.49. The average Bonchev–Trinajstić information content (AvgIpc) is 2.85. The number of rotatable bonds is 13. The highest BCUT2D eigenvalue weighted by Crippen LogP contribution is 2.39. The molecular weight excluding hydrogens is 482 g/mol. The van der Waals surface area contributed by atoms with Crippen molar-refractivity contribution in [3.8, 4) is 23.0 Å². The predicted octanol–water partition coefficient (Wildman–Crippen LogP) is 5.15. The lowest BCUT2D eigenvalue weighted by Crippen LogP contribution is -2.34. The Morgan fingerprint density at radius 3 is 2.06 bits per heavy atom. The zero-order valence-electron chi connectivity index (χ0n) is 21.5. The number of thiocarbonyl (C=S) groups is 1. The van der Waals surface area contributed by atoms with E-state index in [2.05, 4.69) is 16.0 Å². The lowest BCUT2D eigenvalue weighted by atomic mass is 10.1. The Morgan fingerprint density at radius 1 is 0.861 bits per heavy atom. The van der Waals surface area contributed by atoms with E-state index in [4.69, 9.17) is 31.2 Å². The van der Waals surface area contributed by atoms with E-state index in [1.54, 1.807) is 30.3 Å². The van der Waals surface area contributed by atoms with E-state index in [9.17, 15) is 9.59 Å². The number of anilines is 2. The van der Waals surface area contributed by atoms with Crippen molar-refractivity contribution in [3.63, 3.8) is 0 Å². The van der Waals surface area contributed by atoms with Crippen LogP contribution >= 0.6 is 12.2 Å². The van der Waals surface area contributed by atoms with Crippen molar-refractivity contribution in [2.24, 2.45) is 0 Å². The zero-order chi connectivity index (χ0) is 26.5. The van der Waals surface area contributed by atoms with Crippen molar-refractivity contribution in [2.45, 2.75) is 47.0 Å². The maximum absolute atomic E-state index is 12.9. The van der Waals surface area contributed by atoms with Crippen LogP contribution < -0.4 is 34.9 Å². The molecule has 0 heterocycles. The molecule has 36 heavy (non-hydrogen) atoms. The van der Waals surface area contributed by atoms with Gasteiger partial charge in [0.05, 0.1) is 32.6 Å². The molecule has 0 saturated carbocycles. The standard InChI is InChI=1S/C26H35N3O6S/c1-6-10-11-23(30)28-19-13-12-18(16-20(19)32-5)27-26(36)29-25(31)17-14-21(33-7-2)24(35-9-4)22(15-17)34-8-3/h12-16H,6-11H2,1-5H3,(H,28,30)(H2,27,29,31,36). The van der Waals surface area contributed by atoms with Crippen molar-refractivity contribution in [1.29, 1.82) is 0 Å². The Hall–Kier alpha value is -3.53. The van der Waals surface area contributed by atoms with E-state index in [0.717, 1.165) is 12.8 Å². The minimum absolute atomic E-state index is 0.0770. The molecule has 2 amide bonds. The summed E-state index contributed by atoms with van der Waals surface area (Å²) in [5.41, 5.74) is 1.44. The summed E-state index contributed by atoms with van der Waals surface area (Å²) in [7, 11) is 1.51. The second-order valence-electron chi connectivity index (χ2n) is 7.58. The molecule has 0 unspecified atom stereocenters. The monoisotopic (exact) mass is 517 g/mol. The third kappa shape index (κ3) is 8.30. The molecule has 0 aromatic heterocycles. The highest BCUT2D eigenvalue weighted by Gasteiger charge is 2.19. The first-order chi connectivity index (χ1) is 17.4. The lowest BCUT2D eigenvalue weighted by molar-refractivity contribution is -0.116. The molecule has 0 aliphatic heterocycles. The molecule has 0 radical (unpaired) electrons. The quantitative estimate of drug-likeness (QED) is 0.313. The van der Waals surface area contributed by atoms with Gasteiger partial charge in [-0.25, -0.2) is 0 Å². The molecule has 0 bridgehead atoms. The summed E-state index contributed by atoms with van der Waals surface area (Å²) in [6.07, 6.45) is 2.19. The van der Waals surface area contributed by atoms with Crippen LogP contribution in [0.1, 0.15) is 57.3 Å². The summed E-state index contributed by atoms with van der Waals surface area (Å²) in [5.74, 6) is 1.22. The maximum atomic E-state index is 12.9. The normalized spacial score (nSPS) is 10.2. The second-order valence-corrected chi connectivity index (χ2v) is 7.98. The van der Waals surface area contributed by atoms with Crippen LogP contribution in [0.25, 0.3) is 0 Å². The van der Waals surface area contributed by atoms with Crippen LogP contribution in [-0.4, -0.2) is 43.9 Å². The van der Waals surface area contributed by atoms with E-state index < -0.39 is 5.91 Å². The van der Waals surface area contributed by atoms with Gasteiger partial charge in [0.1, 0.15) is 5.75 Å². The van der Waals surface area contributed by atoms with Gasteiger partial charge >= 0.3 is 0 Å². The maximum Gasteiger partial charge on any atom is 0.257 e. The summed E-state index contributed by atoms with van der Waals surface area (Å²) >= 11 is 5.34. The summed E-state index contributed by atoms with van der Waals surface area (Å²) in [6, 6.07) is 8.31. The van der Waals surface area contributed by atoms with Crippen molar-refractivity contribution in [2.75, 3.05) is 37.6 Å². The van der Waals surface area contributed by atoms with Gasteiger partial charge in [0.15, 0.2) is 16.6 Å². The topological polar surface area (TPSA) is 107 Å². The van der Waals surface area contributed by atoms with Crippen LogP contribution in [0.5, 0.6) is 23.0 Å². The molecule has 196 valence electrons. The molecule has 2 aromatic carbocycles. The first-order valence-corrected chi connectivity index (χ1v) is 12.4. The molecule has 10 heteroatoms. The third-order valence-electron chi connectivity index (χ3n) is 4.89. The minimum atomic E-state index is -0.441. The molecule has 9 nitrogen and oxygen atoms in total. The van der Waals surface area contributed by atoms with Gasteiger partial charge in [-0.1, -0.05) is 13.3 Å². The molecule has 3 N–H and O–H groups in total. The van der Waals surface area contributed by atoms with E-state index in [1.807, 2.05) is 27.7 Å². The van der Waals surface area contributed by atoms with Gasteiger partial charge < -0.3 is 29.6 Å². The summed E-state index contributed by atoms with van der Waals surface area (Å²) in [6.45, 7) is 8.79. The van der Waals surface area contributed by atoms with Gasteiger partial charge in [0.25, 0.3) is 5.91 Å². The Morgan fingerprint density at radius 2 is 1.50 bits per heavy atom. The molecular formula is C26H35N3O6S. The van der Waals surface area contributed by atoms with Crippen LogP contribution in [-0.2, 0) is 4.79 Å². The largest absolute Gasteiger partial charge is 0.494 e. The summed E-state index contributed by atoms with van der Waals surface area (Å²) in [5, 5.41) is 8.56. The van der Waals surface area contributed by atoms with Gasteiger partial charge in [0, 0.05) is 23.7 Å². The highest BCUT2D eigenvalue weighted by atomic mass is 32.1. The van der Waals surface area contributed by atoms with Gasteiger partial charge in [-0.15, -0.1) is 0 Å². The fraction of sp³-hybridized carbons (Fsp3) is 0.423. The van der Waals surface area contributed by atoms with Crippen molar-refractivity contribution in [1.82, 2.24) is 5.32 Å². The average molecular weight is 518 g/mol. The first-order valence-electron chi connectivity index (χ1n) is 12.0. The molecule has 0 aliphatic carbocycles. The number of hydrogen-bond donors (Lipinski definition) is 3. The molecule has 0 spiro atoms. The van der Waals surface area contributed by atoms with E-state index >= 15 is 0 Å². The lowest BCUT2D eigenvalue weighted by Gasteiger charge is -2.17. The smallest absolute Gasteiger partial charge is 0.257 e. The zero-order valence-corrected chi connectivity index (χ0v) is 22.3. The highest BCUT2D eigenvalue weighted by molar-refractivity contribution is 7.80. The number of benzene rings is 2. The van der Waals surface area contributed by atoms with Crippen molar-refractivity contribution < 1.29 is 28.5 Å². The Kier molecular flexibility index (Phi) is 11.8. The molecule has 2 aromatic rings. The number of amides is 2. The van der Waals surface area contributed by atoms with Crippen LogP contribution in [0.15, 0.2) is 30.3 Å². The van der Waals surface area contributed by atoms with E-state index in [0.29, 0.717) is 66.2 Å². The molecule has 0 fully saturated rings. The SMILES string of the molecule is CCCCC(=O)Nc1ccc(NC(=S)NC(=O)c2cc(OCC)c(OCC)c(OCC)c2)cc1OC. The Bertz CT molecular complexity index is 1030. The van der Waals surface area contributed by atoms with Gasteiger partial charge in [-0.2, -0.15) is 0 Å². The van der Waals surface area contributed by atoms with Crippen LogP contribution in [0.2, 0.25) is 0 Å². The minimum Gasteiger partial charge on any atom is -0.494 e. The van der Waals surface area contributed by atoms with Crippen LogP contribution in [0.3, 0.4) is 0 Å². The van der Waals surface area contributed by atoms with Crippen LogP contribution in [0, 0.1) is 0 Å². The molecule has 2 rings (SSSR count). The number of methoxy groups -OCH3 is 1. The number of carbonyl (C=O) groups excluding carboxylic acids is 2. The second kappa shape index (κ2) is 14.8. The van der Waals surface area contributed by atoms with E-state index in [-0.39, 0.29) is 11.0 Å². The predicted molar refractivity (Wildman–Crippen MR) is 145 cm³/mol. The molecule has 0 aliphatic rings. The Balaban J connectivity index is 2.15. The third-order valence-corrected chi connectivity index (χ3v) is 5.09. The van der Waals surface area contributed by atoms with Crippen LogP contribution in [0.4, 0.5) is 11.4 Å². The Labute approximate surface area is 217 Å². The van der Waals surface area contributed by atoms with Gasteiger partial charge in [0.2, 0.25) is 11.7 Å². The number of hydrogen-bond acceptors (Lipinski definition) is 7. The van der Waals surface area contributed by atoms with Gasteiger partial charge in [-0.3, -0.25) is 14.9 Å². The number of ether oxygens (including phenoxy) is 4. The fourth-order valence-electron chi connectivity index (χ4n) is 3.28. The van der Waals surface area contributed by atoms with Gasteiger partial charge in [-0.05, 0) is 63.7 Å². The molecule has 0 atom stereocenters. The first kappa shape index (κ1) is 28.7. The number of unbranched alkanes of at least 4 members (excludes halogenated alkanes) is 1. The molecule has 0 saturated heterocycles. The van der Waals surface area contributed by atoms with Crippen molar-refractivity contribution >= 4 is 40.5 Å². The van der Waals surface area contributed by atoms with E-state index in [1.165, 1.54) is 7.11 Å². The summed E-state index contributed by atoms with van der Waals surface area (Å²) < 4.78 is 22.4. The number of carbonyl (C=O) groups is 2.